The first-order valence-electron chi connectivity index (χ1n) is 9.54. The topological polar surface area (TPSA) is 86.6 Å². The Morgan fingerprint density at radius 1 is 1.15 bits per heavy atom. The molecule has 6 nitrogen and oxygen atoms in total. The molecule has 2 aromatic rings. The molecule has 6 heteroatoms. The first kappa shape index (κ1) is 18.1. The zero-order valence-corrected chi connectivity index (χ0v) is 15.4. The Kier molecular flexibility index (Phi) is 4.70. The summed E-state index contributed by atoms with van der Waals surface area (Å²) < 4.78 is 0. The highest BCUT2D eigenvalue weighted by Gasteiger charge is 2.57. The largest absolute Gasteiger partial charge is 0.390 e. The SMILES string of the molecule is C[C@@]12C[C@H](c3ccccc3)N(C(=O)c3cccnn3)[C@@H]1CCC[C@@H](O)[C@@H]2O. The van der Waals surface area contributed by atoms with Gasteiger partial charge < -0.3 is 15.1 Å². The van der Waals surface area contributed by atoms with E-state index in [4.69, 9.17) is 0 Å². The summed E-state index contributed by atoms with van der Waals surface area (Å²) in [6.07, 6.45) is 2.59. The minimum atomic E-state index is -0.865. The molecular formula is C21H25N3O3. The molecule has 5 atom stereocenters. The third-order valence-electron chi connectivity index (χ3n) is 6.29. The van der Waals surface area contributed by atoms with Crippen LogP contribution in [0.15, 0.2) is 48.7 Å². The number of hydrogen-bond donors (Lipinski definition) is 2. The van der Waals surface area contributed by atoms with Gasteiger partial charge in [0.2, 0.25) is 0 Å². The van der Waals surface area contributed by atoms with E-state index in [9.17, 15) is 15.0 Å². The molecule has 142 valence electrons. The van der Waals surface area contributed by atoms with Crippen LogP contribution >= 0.6 is 0 Å². The molecule has 4 rings (SSSR count). The fourth-order valence-electron chi connectivity index (χ4n) is 4.87. The average Bonchev–Trinajstić information content (AvgIpc) is 2.96. The number of amides is 1. The molecule has 0 spiro atoms. The molecule has 2 N–H and O–H groups in total. The number of rotatable bonds is 2. The van der Waals surface area contributed by atoms with E-state index in [2.05, 4.69) is 10.2 Å². The minimum absolute atomic E-state index is 0.163. The normalized spacial score (nSPS) is 33.4. The summed E-state index contributed by atoms with van der Waals surface area (Å²) in [5, 5.41) is 29.2. The van der Waals surface area contributed by atoms with Crippen molar-refractivity contribution in [2.75, 3.05) is 0 Å². The van der Waals surface area contributed by atoms with E-state index in [-0.39, 0.29) is 18.0 Å². The quantitative estimate of drug-likeness (QED) is 0.851. The Morgan fingerprint density at radius 3 is 2.63 bits per heavy atom. The van der Waals surface area contributed by atoms with Crippen molar-refractivity contribution in [2.24, 2.45) is 5.41 Å². The number of likely N-dealkylation sites (tertiary alicyclic amines) is 1. The molecule has 2 fully saturated rings. The third kappa shape index (κ3) is 3.03. The van der Waals surface area contributed by atoms with Crippen LogP contribution in [0.4, 0.5) is 0 Å². The van der Waals surface area contributed by atoms with Crippen LogP contribution in [0.2, 0.25) is 0 Å². The maximum atomic E-state index is 13.4. The highest BCUT2D eigenvalue weighted by Crippen LogP contribution is 2.53. The van der Waals surface area contributed by atoms with Crippen molar-refractivity contribution in [1.29, 1.82) is 0 Å². The molecule has 1 saturated carbocycles. The first-order valence-corrected chi connectivity index (χ1v) is 9.54. The number of carbonyl (C=O) groups is 1. The second-order valence-electron chi connectivity index (χ2n) is 7.92. The molecule has 1 aliphatic carbocycles. The van der Waals surface area contributed by atoms with Crippen LogP contribution in [0, 0.1) is 5.41 Å². The summed E-state index contributed by atoms with van der Waals surface area (Å²) in [5.74, 6) is -0.172. The van der Waals surface area contributed by atoms with Crippen LogP contribution in [-0.4, -0.2) is 49.5 Å². The zero-order valence-electron chi connectivity index (χ0n) is 15.4. The van der Waals surface area contributed by atoms with E-state index < -0.39 is 17.6 Å². The van der Waals surface area contributed by atoms with Gasteiger partial charge in [-0.15, -0.1) is 5.10 Å². The van der Waals surface area contributed by atoms with Crippen LogP contribution in [0.5, 0.6) is 0 Å². The molecule has 2 heterocycles. The fourth-order valence-corrected chi connectivity index (χ4v) is 4.87. The molecule has 27 heavy (non-hydrogen) atoms. The first-order chi connectivity index (χ1) is 13.0. The second kappa shape index (κ2) is 7.02. The second-order valence-corrected chi connectivity index (χ2v) is 7.92. The summed E-state index contributed by atoms with van der Waals surface area (Å²) >= 11 is 0. The molecule has 1 aliphatic heterocycles. The van der Waals surface area contributed by atoms with E-state index in [0.717, 1.165) is 18.4 Å². The lowest BCUT2D eigenvalue weighted by molar-refractivity contribution is -0.0613. The Hall–Kier alpha value is -2.31. The smallest absolute Gasteiger partial charge is 0.275 e. The molecule has 0 radical (unpaired) electrons. The Labute approximate surface area is 158 Å². The van der Waals surface area contributed by atoms with Gasteiger partial charge in [-0.05, 0) is 43.4 Å². The summed E-state index contributed by atoms with van der Waals surface area (Å²) in [6, 6.07) is 12.9. The van der Waals surface area contributed by atoms with Gasteiger partial charge in [0.1, 0.15) is 0 Å². The Bertz CT molecular complexity index is 801. The number of aliphatic hydroxyl groups excluding tert-OH is 2. The molecule has 0 unspecified atom stereocenters. The molecular weight excluding hydrogens is 342 g/mol. The fraction of sp³-hybridized carbons (Fsp3) is 0.476. The summed E-state index contributed by atoms with van der Waals surface area (Å²) in [4.78, 5) is 15.3. The van der Waals surface area contributed by atoms with Gasteiger partial charge in [-0.1, -0.05) is 37.3 Å². The number of aromatic nitrogens is 2. The lowest BCUT2D eigenvalue weighted by atomic mass is 9.74. The third-order valence-corrected chi connectivity index (χ3v) is 6.29. The average molecular weight is 367 g/mol. The van der Waals surface area contributed by atoms with Crippen LogP contribution in [0.3, 0.4) is 0 Å². The highest BCUT2D eigenvalue weighted by molar-refractivity contribution is 5.93. The highest BCUT2D eigenvalue weighted by atomic mass is 16.3. The van der Waals surface area contributed by atoms with E-state index >= 15 is 0 Å². The van der Waals surface area contributed by atoms with Gasteiger partial charge in [-0.3, -0.25) is 4.79 Å². The number of aliphatic hydroxyl groups is 2. The number of hydrogen-bond acceptors (Lipinski definition) is 5. The van der Waals surface area contributed by atoms with Gasteiger partial charge in [0.05, 0.1) is 18.2 Å². The van der Waals surface area contributed by atoms with Crippen LogP contribution < -0.4 is 0 Å². The number of fused-ring (bicyclic) bond motifs is 1. The van der Waals surface area contributed by atoms with Gasteiger partial charge in [-0.2, -0.15) is 5.10 Å². The Morgan fingerprint density at radius 2 is 1.93 bits per heavy atom. The van der Waals surface area contributed by atoms with E-state index in [1.165, 1.54) is 0 Å². The van der Waals surface area contributed by atoms with Crippen molar-refractivity contribution in [3.63, 3.8) is 0 Å². The summed E-state index contributed by atoms with van der Waals surface area (Å²) in [6.45, 7) is 2.00. The number of nitrogens with zero attached hydrogens (tertiary/aromatic N) is 3. The molecule has 1 aromatic heterocycles. The van der Waals surface area contributed by atoms with Gasteiger partial charge in [0.25, 0.3) is 5.91 Å². The Balaban J connectivity index is 1.79. The number of carbonyl (C=O) groups excluding carboxylic acids is 1. The predicted octanol–water partition coefficient (Wildman–Crippen LogP) is 2.34. The van der Waals surface area contributed by atoms with Crippen molar-refractivity contribution in [1.82, 2.24) is 15.1 Å². The van der Waals surface area contributed by atoms with E-state index in [1.807, 2.05) is 42.2 Å². The van der Waals surface area contributed by atoms with E-state index in [0.29, 0.717) is 18.5 Å². The summed E-state index contributed by atoms with van der Waals surface area (Å²) in [7, 11) is 0. The standard InChI is InChI=1S/C21H25N3O3/c1-21-13-16(14-7-3-2-4-8-14)24(20(27)15-9-6-12-22-23-15)18(21)11-5-10-17(25)19(21)26/h2-4,6-9,12,16-19,25-26H,5,10-11,13H2,1H3/t16-,17-,18-,19+,21-/m1/s1. The molecule has 2 aliphatic rings. The van der Waals surface area contributed by atoms with Crippen molar-refractivity contribution in [3.05, 3.63) is 59.9 Å². The molecule has 1 saturated heterocycles. The lowest BCUT2D eigenvalue weighted by Gasteiger charge is -2.38. The van der Waals surface area contributed by atoms with E-state index in [1.54, 1.807) is 18.3 Å². The monoisotopic (exact) mass is 367 g/mol. The van der Waals surface area contributed by atoms with Gasteiger partial charge in [0.15, 0.2) is 5.69 Å². The zero-order chi connectivity index (χ0) is 19.0. The number of benzene rings is 1. The van der Waals surface area contributed by atoms with Crippen LogP contribution in [-0.2, 0) is 0 Å². The van der Waals surface area contributed by atoms with Crippen molar-refractivity contribution in [2.45, 2.75) is 56.9 Å². The molecule has 1 amide bonds. The van der Waals surface area contributed by atoms with Crippen LogP contribution in [0.25, 0.3) is 0 Å². The van der Waals surface area contributed by atoms with Gasteiger partial charge in [-0.25, -0.2) is 0 Å². The summed E-state index contributed by atoms with van der Waals surface area (Å²) in [5.41, 5.74) is 0.765. The predicted molar refractivity (Wildman–Crippen MR) is 99.8 cm³/mol. The lowest BCUT2D eigenvalue weighted by Crippen LogP contribution is -2.49. The maximum absolute atomic E-state index is 13.4. The molecule has 1 aromatic carbocycles. The van der Waals surface area contributed by atoms with Crippen molar-refractivity contribution < 1.29 is 15.0 Å². The van der Waals surface area contributed by atoms with Gasteiger partial charge >= 0.3 is 0 Å². The van der Waals surface area contributed by atoms with Crippen molar-refractivity contribution in [3.8, 4) is 0 Å². The molecule has 0 bridgehead atoms. The maximum Gasteiger partial charge on any atom is 0.275 e. The van der Waals surface area contributed by atoms with Gasteiger partial charge in [0, 0.05) is 17.7 Å². The van der Waals surface area contributed by atoms with Crippen LogP contribution in [0.1, 0.15) is 54.7 Å². The van der Waals surface area contributed by atoms with Crippen molar-refractivity contribution >= 4 is 5.91 Å². The minimum Gasteiger partial charge on any atom is -0.390 e.